The van der Waals surface area contributed by atoms with Crippen molar-refractivity contribution in [2.75, 3.05) is 13.1 Å². The Morgan fingerprint density at radius 3 is 2.50 bits per heavy atom. The zero-order valence-electron chi connectivity index (χ0n) is 10.8. The molecule has 1 heterocycles. The van der Waals surface area contributed by atoms with Gasteiger partial charge in [0, 0.05) is 12.1 Å². The molecule has 1 fully saturated rings. The van der Waals surface area contributed by atoms with Crippen LogP contribution in [-0.2, 0) is 0 Å². The topological polar surface area (TPSA) is 122 Å². The van der Waals surface area contributed by atoms with Crippen molar-refractivity contribution < 1.29 is 15.1 Å². The van der Waals surface area contributed by atoms with Gasteiger partial charge in [-0.15, -0.1) is 12.4 Å². The van der Waals surface area contributed by atoms with Crippen LogP contribution in [0.4, 0.5) is 5.69 Å². The number of benzene rings is 1. The van der Waals surface area contributed by atoms with Gasteiger partial charge in [-0.25, -0.2) is 0 Å². The molecule has 0 spiro atoms. The van der Waals surface area contributed by atoms with E-state index in [-0.39, 0.29) is 24.4 Å². The molecule has 5 N–H and O–H groups in total. The number of nitro groups is 1. The van der Waals surface area contributed by atoms with Gasteiger partial charge in [-0.2, -0.15) is 0 Å². The molecule has 1 saturated heterocycles. The van der Waals surface area contributed by atoms with Crippen molar-refractivity contribution in [1.29, 1.82) is 0 Å². The number of nitrogens with one attached hydrogen (secondary N) is 1. The van der Waals surface area contributed by atoms with Gasteiger partial charge in [-0.05, 0) is 43.5 Å². The Bertz CT molecular complexity index is 492. The first-order chi connectivity index (χ1) is 9.00. The van der Waals surface area contributed by atoms with E-state index < -0.39 is 22.1 Å². The van der Waals surface area contributed by atoms with Gasteiger partial charge >= 0.3 is 5.69 Å². The van der Waals surface area contributed by atoms with Gasteiger partial charge in [0.15, 0.2) is 5.75 Å². The number of nitrogens with zero attached hydrogens (tertiary/aromatic N) is 1. The molecule has 112 valence electrons. The molecule has 0 bridgehead atoms. The Balaban J connectivity index is 0.00000200. The molecule has 0 radical (unpaired) electrons. The molecule has 1 aliphatic heterocycles. The molecule has 0 amide bonds. The van der Waals surface area contributed by atoms with Crippen LogP contribution >= 0.6 is 12.4 Å². The predicted molar refractivity (Wildman–Crippen MR) is 76.2 cm³/mol. The van der Waals surface area contributed by atoms with Gasteiger partial charge in [0.05, 0.1) is 4.92 Å². The molecule has 1 aliphatic rings. The lowest BCUT2D eigenvalue weighted by Gasteiger charge is -2.28. The molecule has 0 unspecified atom stereocenters. The van der Waals surface area contributed by atoms with E-state index in [2.05, 4.69) is 5.32 Å². The molecule has 2 rings (SSSR count). The highest BCUT2D eigenvalue weighted by molar-refractivity contribution is 5.85. The van der Waals surface area contributed by atoms with Gasteiger partial charge in [0.1, 0.15) is 0 Å². The van der Waals surface area contributed by atoms with E-state index in [1.165, 1.54) is 12.1 Å². The molecule has 0 aliphatic carbocycles. The highest BCUT2D eigenvalue weighted by atomic mass is 35.5. The number of phenols is 2. The Morgan fingerprint density at radius 1 is 1.35 bits per heavy atom. The number of halogens is 1. The van der Waals surface area contributed by atoms with Gasteiger partial charge in [-0.3, -0.25) is 10.1 Å². The summed E-state index contributed by atoms with van der Waals surface area (Å²) < 4.78 is 0. The first-order valence-electron chi connectivity index (χ1n) is 6.17. The number of nitrogens with two attached hydrogens (primary N) is 1. The minimum atomic E-state index is -0.728. The van der Waals surface area contributed by atoms with Crippen molar-refractivity contribution in [3.8, 4) is 11.5 Å². The van der Waals surface area contributed by atoms with Crippen LogP contribution in [0.15, 0.2) is 12.1 Å². The minimum Gasteiger partial charge on any atom is -0.504 e. The fourth-order valence-electron chi connectivity index (χ4n) is 2.43. The maximum Gasteiger partial charge on any atom is 0.314 e. The summed E-state index contributed by atoms with van der Waals surface area (Å²) in [7, 11) is 0. The van der Waals surface area contributed by atoms with Crippen molar-refractivity contribution in [1.82, 2.24) is 5.32 Å². The average molecular weight is 304 g/mol. The number of rotatable bonds is 3. The lowest BCUT2D eigenvalue weighted by Crippen LogP contribution is -2.33. The summed E-state index contributed by atoms with van der Waals surface area (Å²) >= 11 is 0. The zero-order chi connectivity index (χ0) is 14.0. The summed E-state index contributed by atoms with van der Waals surface area (Å²) in [4.78, 5) is 10.1. The first-order valence-corrected chi connectivity index (χ1v) is 6.17. The van der Waals surface area contributed by atoms with Crippen LogP contribution in [0.2, 0.25) is 0 Å². The van der Waals surface area contributed by atoms with Crippen LogP contribution in [0.3, 0.4) is 0 Å². The molecular weight excluding hydrogens is 286 g/mol. The average Bonchev–Trinajstić information content (AvgIpc) is 2.41. The number of hydrogen-bond donors (Lipinski definition) is 4. The zero-order valence-corrected chi connectivity index (χ0v) is 11.6. The van der Waals surface area contributed by atoms with E-state index in [0.29, 0.717) is 5.56 Å². The van der Waals surface area contributed by atoms with Crippen molar-refractivity contribution in [2.24, 2.45) is 11.7 Å². The number of nitro benzene ring substituents is 1. The van der Waals surface area contributed by atoms with Crippen molar-refractivity contribution in [3.63, 3.8) is 0 Å². The molecule has 1 aromatic carbocycles. The largest absolute Gasteiger partial charge is 0.504 e. The van der Waals surface area contributed by atoms with Crippen LogP contribution in [-0.4, -0.2) is 28.2 Å². The van der Waals surface area contributed by atoms with Gasteiger partial charge in [0.2, 0.25) is 5.75 Å². The van der Waals surface area contributed by atoms with E-state index in [4.69, 9.17) is 5.73 Å². The number of hydrogen-bond acceptors (Lipinski definition) is 6. The Morgan fingerprint density at radius 2 is 1.95 bits per heavy atom. The predicted octanol–water partition coefficient (Wildman–Crippen LogP) is 1.43. The summed E-state index contributed by atoms with van der Waals surface area (Å²) in [5.41, 5.74) is 6.08. The second kappa shape index (κ2) is 6.74. The molecule has 0 aromatic heterocycles. The Kier molecular flexibility index (Phi) is 5.55. The molecule has 8 heteroatoms. The monoisotopic (exact) mass is 303 g/mol. The SMILES string of the molecule is Cl.N[C@@H](c1cc(O)c(O)c([N+](=O)[O-])c1)C1CCNCC1. The number of phenolic OH excluding ortho intramolecular Hbond substituents is 2. The van der Waals surface area contributed by atoms with E-state index in [9.17, 15) is 20.3 Å². The third-order valence-corrected chi connectivity index (χ3v) is 3.57. The molecule has 1 atom stereocenters. The van der Waals surface area contributed by atoms with Crippen molar-refractivity contribution in [2.45, 2.75) is 18.9 Å². The van der Waals surface area contributed by atoms with Crippen LogP contribution in [0.1, 0.15) is 24.4 Å². The molecule has 0 saturated carbocycles. The quantitative estimate of drug-likeness (QED) is 0.381. The normalized spacial score (nSPS) is 17.2. The van der Waals surface area contributed by atoms with E-state index >= 15 is 0 Å². The summed E-state index contributed by atoms with van der Waals surface area (Å²) in [6.07, 6.45) is 1.77. The lowest BCUT2D eigenvalue weighted by molar-refractivity contribution is -0.386. The van der Waals surface area contributed by atoms with E-state index in [0.717, 1.165) is 25.9 Å². The van der Waals surface area contributed by atoms with Crippen molar-refractivity contribution >= 4 is 18.1 Å². The Hall–Kier alpha value is -1.57. The van der Waals surface area contributed by atoms with Gasteiger partial charge in [0.25, 0.3) is 0 Å². The first kappa shape index (κ1) is 16.5. The summed E-state index contributed by atoms with van der Waals surface area (Å²) in [6.45, 7) is 1.73. The Labute approximate surface area is 122 Å². The third-order valence-electron chi connectivity index (χ3n) is 3.57. The maximum atomic E-state index is 10.8. The number of aromatic hydroxyl groups is 2. The summed E-state index contributed by atoms with van der Waals surface area (Å²) in [6, 6.07) is 2.16. The maximum absolute atomic E-state index is 10.8. The highest BCUT2D eigenvalue weighted by Crippen LogP contribution is 2.39. The summed E-state index contributed by atoms with van der Waals surface area (Å²) in [5, 5.41) is 33.0. The number of piperidine rings is 1. The second-order valence-electron chi connectivity index (χ2n) is 4.78. The molecular formula is C12H18ClN3O4. The molecule has 20 heavy (non-hydrogen) atoms. The molecule has 7 nitrogen and oxygen atoms in total. The fraction of sp³-hybridized carbons (Fsp3) is 0.500. The van der Waals surface area contributed by atoms with Crippen LogP contribution in [0.5, 0.6) is 11.5 Å². The highest BCUT2D eigenvalue weighted by Gasteiger charge is 2.26. The minimum absolute atomic E-state index is 0. The van der Waals surface area contributed by atoms with E-state index in [1.54, 1.807) is 0 Å². The van der Waals surface area contributed by atoms with Gasteiger partial charge in [-0.1, -0.05) is 0 Å². The lowest BCUT2D eigenvalue weighted by atomic mass is 9.86. The molecule has 1 aromatic rings. The van der Waals surface area contributed by atoms with Crippen molar-refractivity contribution in [3.05, 3.63) is 27.8 Å². The van der Waals surface area contributed by atoms with Gasteiger partial charge < -0.3 is 21.3 Å². The third kappa shape index (κ3) is 3.30. The van der Waals surface area contributed by atoms with Crippen LogP contribution in [0, 0.1) is 16.0 Å². The summed E-state index contributed by atoms with van der Waals surface area (Å²) in [5.74, 6) is -1.01. The van der Waals surface area contributed by atoms with Crippen LogP contribution in [0.25, 0.3) is 0 Å². The van der Waals surface area contributed by atoms with Crippen LogP contribution < -0.4 is 11.1 Å². The standard InChI is InChI=1S/C12H17N3O4.ClH/c13-11(7-1-3-14-4-2-7)8-5-9(15(18)19)12(17)10(16)6-8;/h5-7,11,14,16-17H,1-4,13H2;1H/t11-;/m1./s1. The van der Waals surface area contributed by atoms with E-state index in [1.807, 2.05) is 0 Å². The fourth-order valence-corrected chi connectivity index (χ4v) is 2.43. The smallest absolute Gasteiger partial charge is 0.314 e. The second-order valence-corrected chi connectivity index (χ2v) is 4.78.